The lowest BCUT2D eigenvalue weighted by atomic mass is 10.2. The number of ether oxygens (including phenoxy) is 1. The number of amides is 1. The van der Waals surface area contributed by atoms with E-state index in [4.69, 9.17) is 27.9 Å². The van der Waals surface area contributed by atoms with Crippen LogP contribution >= 0.6 is 35.0 Å². The van der Waals surface area contributed by atoms with Crippen LogP contribution in [0.25, 0.3) is 0 Å². The molecular weight excluding hydrogens is 467 g/mol. The van der Waals surface area contributed by atoms with Gasteiger partial charge >= 0.3 is 0 Å². The number of fused-ring (bicyclic) bond motifs is 1. The van der Waals surface area contributed by atoms with Gasteiger partial charge in [0.15, 0.2) is 6.10 Å². The largest absolute Gasteiger partial charge is 0.478 e. The fourth-order valence-corrected chi connectivity index (χ4v) is 5.11. The van der Waals surface area contributed by atoms with Crippen molar-refractivity contribution >= 4 is 56.6 Å². The van der Waals surface area contributed by atoms with E-state index < -0.39 is 16.1 Å². The molecule has 1 aliphatic rings. The van der Waals surface area contributed by atoms with Crippen molar-refractivity contribution in [2.75, 3.05) is 29.4 Å². The Balaban J connectivity index is 1.52. The Kier molecular flexibility index (Phi) is 7.79. The Hall–Kier alpha value is -1.61. The lowest BCUT2D eigenvalue weighted by molar-refractivity contribution is -0.127. The lowest BCUT2D eigenvalue weighted by Gasteiger charge is -2.20. The van der Waals surface area contributed by atoms with Crippen molar-refractivity contribution in [3.8, 4) is 5.75 Å². The fraction of sp³-hybridized carbons (Fsp3) is 0.350. The number of nitrogens with zero attached hydrogens (tertiary/aromatic N) is 1. The Bertz CT molecular complexity index is 1020. The number of halogens is 2. The molecule has 2 aromatic rings. The molecule has 30 heavy (non-hydrogen) atoms. The van der Waals surface area contributed by atoms with E-state index in [0.29, 0.717) is 33.8 Å². The number of nitrogens with one attached hydrogen (secondary N) is 1. The highest BCUT2D eigenvalue weighted by atomic mass is 35.5. The van der Waals surface area contributed by atoms with E-state index in [9.17, 15) is 13.2 Å². The maximum absolute atomic E-state index is 12.6. The summed E-state index contributed by atoms with van der Waals surface area (Å²) in [5.74, 6) is 1.60. The smallest absolute Gasteiger partial charge is 0.261 e. The second kappa shape index (κ2) is 10.1. The van der Waals surface area contributed by atoms with Crippen LogP contribution in [0, 0.1) is 0 Å². The molecule has 1 atom stereocenters. The van der Waals surface area contributed by atoms with Crippen molar-refractivity contribution in [2.45, 2.75) is 18.3 Å². The molecule has 0 radical (unpaired) electrons. The second-order valence-corrected chi connectivity index (χ2v) is 10.6. The van der Waals surface area contributed by atoms with Gasteiger partial charge in [-0.25, -0.2) is 8.42 Å². The third kappa shape index (κ3) is 5.97. The number of thioether (sulfide) groups is 1. The molecule has 0 saturated heterocycles. The highest BCUT2D eigenvalue weighted by molar-refractivity contribution is 7.98. The van der Waals surface area contributed by atoms with Gasteiger partial charge in [0.2, 0.25) is 10.0 Å². The molecule has 0 saturated carbocycles. The lowest BCUT2D eigenvalue weighted by Crippen LogP contribution is -2.40. The predicted octanol–water partition coefficient (Wildman–Crippen LogP) is 3.96. The number of carbonyl (C=O) groups is 1. The molecule has 3 rings (SSSR count). The average molecular weight is 489 g/mol. The van der Waals surface area contributed by atoms with Crippen LogP contribution in [0.15, 0.2) is 42.5 Å². The molecule has 1 heterocycles. The maximum Gasteiger partial charge on any atom is 0.261 e. The molecule has 1 amide bonds. The molecule has 0 bridgehead atoms. The SMILES string of the molecule is CS(=O)(=O)N1CCC(C(=O)NCCSCc2ccc(Cl)c(Cl)c2)Oc2ccccc21. The van der Waals surface area contributed by atoms with Crippen LogP contribution in [-0.2, 0) is 20.6 Å². The number of para-hydroxylation sites is 2. The summed E-state index contributed by atoms with van der Waals surface area (Å²) in [6.07, 6.45) is 0.664. The van der Waals surface area contributed by atoms with Crippen LogP contribution in [0.3, 0.4) is 0 Å². The fourth-order valence-electron chi connectivity index (χ4n) is 3.04. The van der Waals surface area contributed by atoms with Gasteiger partial charge in [-0.15, -0.1) is 0 Å². The van der Waals surface area contributed by atoms with E-state index in [1.54, 1.807) is 42.1 Å². The highest BCUT2D eigenvalue weighted by Crippen LogP contribution is 2.33. The van der Waals surface area contributed by atoms with Crippen molar-refractivity contribution in [2.24, 2.45) is 0 Å². The standard InChI is InChI=1S/C20H22Cl2N2O4S2/c1-30(26,27)24-10-8-19(28-18-5-3-2-4-17(18)24)20(25)23-9-11-29-13-14-6-7-15(21)16(22)12-14/h2-7,12,19H,8-11,13H2,1H3,(H,23,25). The highest BCUT2D eigenvalue weighted by Gasteiger charge is 2.30. The summed E-state index contributed by atoms with van der Waals surface area (Å²) < 4.78 is 31.4. The van der Waals surface area contributed by atoms with Gasteiger partial charge in [-0.3, -0.25) is 9.10 Å². The zero-order valence-corrected chi connectivity index (χ0v) is 19.5. The van der Waals surface area contributed by atoms with Crippen LogP contribution in [0.4, 0.5) is 5.69 Å². The average Bonchev–Trinajstić information content (AvgIpc) is 2.90. The molecular formula is C20H22Cl2N2O4S2. The Morgan fingerprint density at radius 2 is 2.00 bits per heavy atom. The third-order valence-electron chi connectivity index (χ3n) is 4.49. The first-order chi connectivity index (χ1) is 14.3. The van der Waals surface area contributed by atoms with Crippen LogP contribution in [0.2, 0.25) is 10.0 Å². The number of benzene rings is 2. The molecule has 1 aliphatic heterocycles. The van der Waals surface area contributed by atoms with Crippen molar-refractivity contribution < 1.29 is 17.9 Å². The van der Waals surface area contributed by atoms with E-state index in [1.165, 1.54) is 4.31 Å². The number of rotatable bonds is 7. The van der Waals surface area contributed by atoms with Crippen LogP contribution in [0.5, 0.6) is 5.75 Å². The predicted molar refractivity (Wildman–Crippen MR) is 123 cm³/mol. The zero-order valence-electron chi connectivity index (χ0n) is 16.3. The molecule has 6 nitrogen and oxygen atoms in total. The second-order valence-electron chi connectivity index (χ2n) is 6.79. The van der Waals surface area contributed by atoms with E-state index in [2.05, 4.69) is 5.32 Å². The monoisotopic (exact) mass is 488 g/mol. The van der Waals surface area contributed by atoms with Crippen LogP contribution in [-0.4, -0.2) is 45.5 Å². The van der Waals surface area contributed by atoms with Gasteiger partial charge in [0, 0.05) is 31.0 Å². The Morgan fingerprint density at radius 3 is 2.73 bits per heavy atom. The van der Waals surface area contributed by atoms with Crippen LogP contribution in [0.1, 0.15) is 12.0 Å². The van der Waals surface area contributed by atoms with Crippen molar-refractivity contribution in [1.29, 1.82) is 0 Å². The molecule has 2 aromatic carbocycles. The normalized spacial score (nSPS) is 16.4. The van der Waals surface area contributed by atoms with Crippen molar-refractivity contribution in [1.82, 2.24) is 5.32 Å². The number of carbonyl (C=O) groups excluding carboxylic acids is 1. The minimum Gasteiger partial charge on any atom is -0.478 e. The Labute approximate surface area is 190 Å². The van der Waals surface area contributed by atoms with Crippen molar-refractivity contribution in [3.05, 3.63) is 58.1 Å². The quantitative estimate of drug-likeness (QED) is 0.596. The number of hydrogen-bond donors (Lipinski definition) is 1. The summed E-state index contributed by atoms with van der Waals surface area (Å²) in [6, 6.07) is 12.4. The maximum atomic E-state index is 12.6. The third-order valence-corrected chi connectivity index (χ3v) is 7.44. The first-order valence-corrected chi connectivity index (χ1v) is 13.0. The van der Waals surface area contributed by atoms with Gasteiger partial charge in [0.05, 0.1) is 22.0 Å². The summed E-state index contributed by atoms with van der Waals surface area (Å²) in [5.41, 5.74) is 1.51. The van der Waals surface area contributed by atoms with Gasteiger partial charge in [-0.05, 0) is 29.8 Å². The first-order valence-electron chi connectivity index (χ1n) is 9.28. The minimum absolute atomic E-state index is 0.181. The molecule has 1 unspecified atom stereocenters. The van der Waals surface area contributed by atoms with Gasteiger partial charge in [-0.1, -0.05) is 41.4 Å². The van der Waals surface area contributed by atoms with Gasteiger partial charge in [0.25, 0.3) is 5.91 Å². The van der Waals surface area contributed by atoms with Crippen LogP contribution < -0.4 is 14.4 Å². The molecule has 0 aliphatic carbocycles. The first kappa shape index (κ1) is 23.1. The molecule has 1 N–H and O–H groups in total. The summed E-state index contributed by atoms with van der Waals surface area (Å²) >= 11 is 13.6. The molecule has 0 fully saturated rings. The number of sulfonamides is 1. The number of hydrogen-bond acceptors (Lipinski definition) is 5. The molecule has 10 heteroatoms. The van der Waals surface area contributed by atoms with Crippen molar-refractivity contribution in [3.63, 3.8) is 0 Å². The summed E-state index contributed by atoms with van der Waals surface area (Å²) in [6.45, 7) is 0.655. The summed E-state index contributed by atoms with van der Waals surface area (Å²) in [4.78, 5) is 12.6. The number of anilines is 1. The molecule has 0 spiro atoms. The topological polar surface area (TPSA) is 75.7 Å². The Morgan fingerprint density at radius 1 is 1.23 bits per heavy atom. The van der Waals surface area contributed by atoms with Gasteiger partial charge in [-0.2, -0.15) is 11.8 Å². The minimum atomic E-state index is -3.47. The van der Waals surface area contributed by atoms with E-state index in [0.717, 1.165) is 17.6 Å². The van der Waals surface area contributed by atoms with E-state index >= 15 is 0 Å². The zero-order chi connectivity index (χ0) is 21.7. The summed E-state index contributed by atoms with van der Waals surface area (Å²) in [7, 11) is -3.47. The molecule has 0 aromatic heterocycles. The summed E-state index contributed by atoms with van der Waals surface area (Å²) in [5, 5.41) is 3.92. The van der Waals surface area contributed by atoms with E-state index in [1.807, 2.05) is 12.1 Å². The van der Waals surface area contributed by atoms with E-state index in [-0.39, 0.29) is 18.9 Å². The van der Waals surface area contributed by atoms with Gasteiger partial charge in [0.1, 0.15) is 5.75 Å². The molecule has 162 valence electrons. The van der Waals surface area contributed by atoms with Gasteiger partial charge < -0.3 is 10.1 Å².